The normalized spacial score (nSPS) is 19.0. The smallest absolute Gasteiger partial charge is 0.456 e. The average molecular weight is 319 g/mol. The number of furan rings is 1. The lowest BCUT2D eigenvalue weighted by Crippen LogP contribution is -2.41. The van der Waals surface area contributed by atoms with Gasteiger partial charge >= 0.3 is 7.12 Å². The van der Waals surface area contributed by atoms with Gasteiger partial charge in [0.25, 0.3) is 0 Å². The lowest BCUT2D eigenvalue weighted by atomic mass is 9.78. The van der Waals surface area contributed by atoms with E-state index in [0.29, 0.717) is 5.56 Å². The number of para-hydroxylation sites is 1. The molecule has 0 atom stereocenters. The van der Waals surface area contributed by atoms with Crippen LogP contribution in [0.2, 0.25) is 0 Å². The van der Waals surface area contributed by atoms with Crippen molar-refractivity contribution < 1.29 is 13.7 Å². The Balaban J connectivity index is 1.90. The van der Waals surface area contributed by atoms with Gasteiger partial charge in [-0.1, -0.05) is 18.2 Å². The molecule has 0 spiro atoms. The zero-order valence-electron chi connectivity index (χ0n) is 14.2. The molecule has 0 aliphatic carbocycles. The molecule has 0 amide bonds. The van der Waals surface area contributed by atoms with Crippen molar-refractivity contribution in [1.29, 1.82) is 5.26 Å². The zero-order chi connectivity index (χ0) is 17.1. The van der Waals surface area contributed by atoms with Crippen LogP contribution in [-0.2, 0) is 9.31 Å². The van der Waals surface area contributed by atoms with Crippen LogP contribution in [0.3, 0.4) is 0 Å². The first-order valence-electron chi connectivity index (χ1n) is 8.03. The number of fused-ring (bicyclic) bond motifs is 3. The molecule has 3 aromatic rings. The van der Waals surface area contributed by atoms with Crippen molar-refractivity contribution in [2.45, 2.75) is 38.9 Å². The maximum atomic E-state index is 9.13. The van der Waals surface area contributed by atoms with Gasteiger partial charge in [0.2, 0.25) is 0 Å². The molecule has 0 unspecified atom stereocenters. The van der Waals surface area contributed by atoms with Crippen molar-refractivity contribution in [1.82, 2.24) is 0 Å². The third-order valence-corrected chi connectivity index (χ3v) is 5.16. The Kier molecular flexibility index (Phi) is 3.09. The lowest BCUT2D eigenvalue weighted by Gasteiger charge is -2.32. The third-order valence-electron chi connectivity index (χ3n) is 5.16. The van der Waals surface area contributed by atoms with E-state index in [1.807, 2.05) is 58.0 Å². The second kappa shape index (κ2) is 4.86. The highest BCUT2D eigenvalue weighted by atomic mass is 16.7. The summed E-state index contributed by atoms with van der Waals surface area (Å²) in [7, 11) is -0.477. The van der Waals surface area contributed by atoms with E-state index >= 15 is 0 Å². The van der Waals surface area contributed by atoms with Gasteiger partial charge in [0, 0.05) is 16.2 Å². The minimum absolute atomic E-state index is 0.403. The molecular weight excluding hydrogens is 301 g/mol. The number of nitrogens with zero attached hydrogens (tertiary/aromatic N) is 1. The predicted molar refractivity (Wildman–Crippen MR) is 94.2 cm³/mol. The summed E-state index contributed by atoms with van der Waals surface area (Å²) in [4.78, 5) is 0. The van der Waals surface area contributed by atoms with Crippen molar-refractivity contribution in [3.63, 3.8) is 0 Å². The maximum Gasteiger partial charge on any atom is 0.498 e. The van der Waals surface area contributed by atoms with E-state index in [-0.39, 0.29) is 0 Å². The molecule has 0 bridgehead atoms. The standard InChI is InChI=1S/C19H18BNO3/c1-18(2)19(3,4)24-20(23-18)15-7-5-6-13-14-10-12(11-21)8-9-16(14)22-17(13)15/h5-10H,1-4H3. The maximum absolute atomic E-state index is 9.13. The quantitative estimate of drug-likeness (QED) is 0.641. The molecule has 24 heavy (non-hydrogen) atoms. The summed E-state index contributed by atoms with van der Waals surface area (Å²) in [5.74, 6) is 0. The highest BCUT2D eigenvalue weighted by molar-refractivity contribution is 6.65. The van der Waals surface area contributed by atoms with E-state index in [1.165, 1.54) is 0 Å². The van der Waals surface area contributed by atoms with Gasteiger partial charge in [-0.2, -0.15) is 5.26 Å². The topological polar surface area (TPSA) is 55.4 Å². The van der Waals surface area contributed by atoms with Crippen LogP contribution in [0, 0.1) is 11.3 Å². The summed E-state index contributed by atoms with van der Waals surface area (Å²) in [6.45, 7) is 8.13. The highest BCUT2D eigenvalue weighted by Crippen LogP contribution is 2.37. The number of hydrogen-bond acceptors (Lipinski definition) is 4. The van der Waals surface area contributed by atoms with Crippen LogP contribution in [0.15, 0.2) is 40.8 Å². The Bertz CT molecular complexity index is 981. The summed E-state index contributed by atoms with van der Waals surface area (Å²) in [5, 5.41) is 11.0. The van der Waals surface area contributed by atoms with E-state index in [0.717, 1.165) is 27.4 Å². The van der Waals surface area contributed by atoms with Crippen molar-refractivity contribution in [2.75, 3.05) is 0 Å². The van der Waals surface area contributed by atoms with Gasteiger partial charge < -0.3 is 13.7 Å². The summed E-state index contributed by atoms with van der Waals surface area (Å²) in [5.41, 5.74) is 2.20. The number of hydrogen-bond donors (Lipinski definition) is 0. The van der Waals surface area contributed by atoms with Gasteiger partial charge in [0.15, 0.2) is 0 Å². The zero-order valence-corrected chi connectivity index (χ0v) is 14.2. The molecule has 0 saturated carbocycles. The molecule has 4 rings (SSSR count). The minimum atomic E-state index is -0.477. The van der Waals surface area contributed by atoms with E-state index in [9.17, 15) is 0 Å². The fraction of sp³-hybridized carbons (Fsp3) is 0.316. The molecule has 0 N–H and O–H groups in total. The molecule has 1 aromatic heterocycles. The van der Waals surface area contributed by atoms with Crippen LogP contribution >= 0.6 is 0 Å². The Hall–Kier alpha value is -2.29. The SMILES string of the molecule is CC1(C)OB(c2cccc3c2oc2ccc(C#N)cc23)OC1(C)C. The van der Waals surface area contributed by atoms with Crippen LogP contribution in [0.5, 0.6) is 0 Å². The van der Waals surface area contributed by atoms with Crippen LogP contribution in [0.25, 0.3) is 21.9 Å². The lowest BCUT2D eigenvalue weighted by molar-refractivity contribution is 0.00578. The fourth-order valence-electron chi connectivity index (χ4n) is 3.05. The Morgan fingerprint density at radius 3 is 2.33 bits per heavy atom. The van der Waals surface area contributed by atoms with Crippen LogP contribution < -0.4 is 5.46 Å². The monoisotopic (exact) mass is 319 g/mol. The predicted octanol–water partition coefficient (Wildman–Crippen LogP) is 3.76. The number of benzene rings is 2. The summed E-state index contributed by atoms with van der Waals surface area (Å²) < 4.78 is 18.4. The molecule has 1 fully saturated rings. The van der Waals surface area contributed by atoms with Crippen molar-refractivity contribution in [3.05, 3.63) is 42.0 Å². The molecule has 2 heterocycles. The largest absolute Gasteiger partial charge is 0.498 e. The number of rotatable bonds is 1. The van der Waals surface area contributed by atoms with Crippen molar-refractivity contribution in [2.24, 2.45) is 0 Å². The molecule has 1 saturated heterocycles. The Morgan fingerprint density at radius 1 is 0.958 bits per heavy atom. The van der Waals surface area contributed by atoms with E-state index in [1.54, 1.807) is 6.07 Å². The third kappa shape index (κ3) is 2.07. The first-order chi connectivity index (χ1) is 11.3. The molecule has 120 valence electrons. The van der Waals surface area contributed by atoms with Crippen molar-refractivity contribution >= 4 is 34.5 Å². The molecule has 5 heteroatoms. The van der Waals surface area contributed by atoms with Crippen LogP contribution in [0.1, 0.15) is 33.3 Å². The van der Waals surface area contributed by atoms with Crippen LogP contribution in [0.4, 0.5) is 0 Å². The first kappa shape index (κ1) is 15.3. The van der Waals surface area contributed by atoms with Gasteiger partial charge in [-0.05, 0) is 45.9 Å². The second-order valence-electron chi connectivity index (χ2n) is 7.24. The first-order valence-corrected chi connectivity index (χ1v) is 8.03. The molecular formula is C19H18BNO3. The second-order valence-corrected chi connectivity index (χ2v) is 7.24. The molecule has 1 aliphatic heterocycles. The van der Waals surface area contributed by atoms with E-state index in [2.05, 4.69) is 6.07 Å². The summed E-state index contributed by atoms with van der Waals surface area (Å²) in [6, 6.07) is 13.6. The van der Waals surface area contributed by atoms with Gasteiger partial charge in [0.05, 0.1) is 22.8 Å². The highest BCUT2D eigenvalue weighted by Gasteiger charge is 2.52. The van der Waals surface area contributed by atoms with Gasteiger partial charge in [0.1, 0.15) is 11.2 Å². The fourth-order valence-corrected chi connectivity index (χ4v) is 3.05. The van der Waals surface area contributed by atoms with E-state index in [4.69, 9.17) is 19.0 Å². The Morgan fingerprint density at radius 2 is 1.67 bits per heavy atom. The Labute approximate surface area is 141 Å². The average Bonchev–Trinajstić information content (AvgIpc) is 3.00. The van der Waals surface area contributed by atoms with Gasteiger partial charge in [-0.15, -0.1) is 0 Å². The van der Waals surface area contributed by atoms with Crippen LogP contribution in [-0.4, -0.2) is 18.3 Å². The number of nitriles is 1. The van der Waals surface area contributed by atoms with Gasteiger partial charge in [-0.25, -0.2) is 0 Å². The van der Waals surface area contributed by atoms with Gasteiger partial charge in [-0.3, -0.25) is 0 Å². The minimum Gasteiger partial charge on any atom is -0.456 e. The van der Waals surface area contributed by atoms with Crippen molar-refractivity contribution in [3.8, 4) is 6.07 Å². The molecule has 4 nitrogen and oxygen atoms in total. The summed E-state index contributed by atoms with van der Waals surface area (Å²) in [6.07, 6.45) is 0. The molecule has 2 aromatic carbocycles. The summed E-state index contributed by atoms with van der Waals surface area (Å²) >= 11 is 0. The molecule has 1 aliphatic rings. The molecule has 0 radical (unpaired) electrons. The van der Waals surface area contributed by atoms with E-state index < -0.39 is 18.3 Å².